The monoisotopic (exact) mass is 323 g/mol. The van der Waals surface area contributed by atoms with E-state index in [1.165, 1.54) is 0 Å². The van der Waals surface area contributed by atoms with Crippen LogP contribution in [0.25, 0.3) is 0 Å². The van der Waals surface area contributed by atoms with Crippen molar-refractivity contribution < 1.29 is 14.4 Å². The van der Waals surface area contributed by atoms with Gasteiger partial charge in [-0.25, -0.2) is 0 Å². The quantitative estimate of drug-likeness (QED) is 0.736. The van der Waals surface area contributed by atoms with Gasteiger partial charge in [-0.2, -0.15) is 0 Å². The predicted octanol–water partition coefficient (Wildman–Crippen LogP) is 1.67. The van der Waals surface area contributed by atoms with Crippen LogP contribution in [-0.4, -0.2) is 23.8 Å². The molecule has 1 saturated heterocycles. The molecule has 2 aliphatic rings. The van der Waals surface area contributed by atoms with Crippen LogP contribution in [0.3, 0.4) is 0 Å². The number of hydrogen-bond donors (Lipinski definition) is 3. The Bertz CT molecular complexity index is 601. The average Bonchev–Trinajstić information content (AvgIpc) is 3.27. The molecule has 1 heterocycles. The fourth-order valence-corrected chi connectivity index (χ4v) is 2.31. The van der Waals surface area contributed by atoms with Gasteiger partial charge in [-0.15, -0.1) is 12.4 Å². The lowest BCUT2D eigenvalue weighted by atomic mass is 10.1. The number of hydrogen-bond acceptors (Lipinski definition) is 4. The normalized spacial score (nSPS) is 20.6. The Labute approximate surface area is 134 Å². The molecule has 1 atom stereocenters. The molecule has 3 N–H and O–H groups in total. The summed E-state index contributed by atoms with van der Waals surface area (Å²) >= 11 is 0. The molecule has 118 valence electrons. The summed E-state index contributed by atoms with van der Waals surface area (Å²) in [5.41, 5.74) is 1.46. The largest absolute Gasteiger partial charge is 0.374 e. The molecule has 0 aromatic heterocycles. The van der Waals surface area contributed by atoms with Gasteiger partial charge in [0.05, 0.1) is 0 Å². The van der Waals surface area contributed by atoms with Gasteiger partial charge in [0.25, 0.3) is 0 Å². The van der Waals surface area contributed by atoms with Gasteiger partial charge in [-0.1, -0.05) is 6.07 Å². The number of benzene rings is 1. The van der Waals surface area contributed by atoms with E-state index in [0.717, 1.165) is 18.5 Å². The Morgan fingerprint density at radius 3 is 2.55 bits per heavy atom. The van der Waals surface area contributed by atoms with Crippen molar-refractivity contribution in [3.63, 3.8) is 0 Å². The first kappa shape index (κ1) is 16.3. The summed E-state index contributed by atoms with van der Waals surface area (Å²) in [5.74, 6) is -0.341. The molecular formula is C15H18ClN3O3. The molecule has 7 heteroatoms. The van der Waals surface area contributed by atoms with Crippen LogP contribution in [0.5, 0.6) is 0 Å². The summed E-state index contributed by atoms with van der Waals surface area (Å²) in [4.78, 5) is 34.5. The van der Waals surface area contributed by atoms with Crippen molar-refractivity contribution in [1.29, 1.82) is 0 Å². The van der Waals surface area contributed by atoms with E-state index >= 15 is 0 Å². The van der Waals surface area contributed by atoms with Crippen LogP contribution in [0.1, 0.15) is 25.7 Å². The predicted molar refractivity (Wildman–Crippen MR) is 84.8 cm³/mol. The summed E-state index contributed by atoms with van der Waals surface area (Å²) in [6, 6.07) is 6.84. The number of nitrogens with one attached hydrogen (secondary N) is 3. The highest BCUT2D eigenvalue weighted by Crippen LogP contribution is 2.30. The van der Waals surface area contributed by atoms with E-state index in [0.29, 0.717) is 18.5 Å². The molecule has 1 saturated carbocycles. The molecule has 3 rings (SSSR count). The summed E-state index contributed by atoms with van der Waals surface area (Å²) in [6.45, 7) is 0. The number of carbonyl (C=O) groups is 3. The van der Waals surface area contributed by atoms with Crippen LogP contribution >= 0.6 is 12.4 Å². The third-order valence-corrected chi connectivity index (χ3v) is 3.66. The highest BCUT2D eigenvalue weighted by Gasteiger charge is 2.29. The highest BCUT2D eigenvalue weighted by molar-refractivity contribution is 6.01. The number of amides is 3. The van der Waals surface area contributed by atoms with E-state index in [4.69, 9.17) is 0 Å². The van der Waals surface area contributed by atoms with Crippen molar-refractivity contribution in [1.82, 2.24) is 5.32 Å². The maximum Gasteiger partial charge on any atom is 0.249 e. The fourth-order valence-electron chi connectivity index (χ4n) is 2.31. The summed E-state index contributed by atoms with van der Waals surface area (Å²) in [6.07, 6.45) is 2.73. The number of rotatable bonds is 4. The van der Waals surface area contributed by atoms with E-state index in [1.807, 2.05) is 18.2 Å². The zero-order chi connectivity index (χ0) is 14.8. The second kappa shape index (κ2) is 6.79. The summed E-state index contributed by atoms with van der Waals surface area (Å²) < 4.78 is 0. The van der Waals surface area contributed by atoms with Crippen LogP contribution < -0.4 is 16.0 Å². The smallest absolute Gasteiger partial charge is 0.249 e. The Morgan fingerprint density at radius 2 is 1.86 bits per heavy atom. The van der Waals surface area contributed by atoms with Crippen LogP contribution in [-0.2, 0) is 14.4 Å². The second-order valence-electron chi connectivity index (χ2n) is 5.49. The number of imide groups is 1. The maximum absolute atomic E-state index is 11.7. The maximum atomic E-state index is 11.7. The molecule has 6 nitrogen and oxygen atoms in total. The van der Waals surface area contributed by atoms with Gasteiger partial charge in [0, 0.05) is 23.7 Å². The van der Waals surface area contributed by atoms with Crippen molar-refractivity contribution >= 4 is 41.5 Å². The highest BCUT2D eigenvalue weighted by atomic mass is 35.5. The molecule has 0 bridgehead atoms. The molecule has 22 heavy (non-hydrogen) atoms. The zero-order valence-corrected chi connectivity index (χ0v) is 12.7. The van der Waals surface area contributed by atoms with Gasteiger partial charge >= 0.3 is 0 Å². The molecule has 1 aromatic carbocycles. The molecule has 0 radical (unpaired) electrons. The van der Waals surface area contributed by atoms with Crippen molar-refractivity contribution in [2.24, 2.45) is 5.92 Å². The standard InChI is InChI=1S/C15H17N3O3.ClH/c19-13-7-6-12(15(21)18-13)16-10-2-1-3-11(8-10)17-14(20)9-4-5-9;/h1-3,8-9,12,16H,4-7H2,(H,17,20)(H,18,19,21);1H. The molecule has 1 aliphatic heterocycles. The Balaban J connectivity index is 0.00000176. The van der Waals surface area contributed by atoms with Crippen molar-refractivity contribution in [2.75, 3.05) is 10.6 Å². The third-order valence-electron chi connectivity index (χ3n) is 3.66. The van der Waals surface area contributed by atoms with Crippen LogP contribution in [0, 0.1) is 5.92 Å². The fraction of sp³-hybridized carbons (Fsp3) is 0.400. The van der Waals surface area contributed by atoms with Crippen molar-refractivity contribution in [2.45, 2.75) is 31.7 Å². The van der Waals surface area contributed by atoms with Gasteiger partial charge in [0.1, 0.15) is 6.04 Å². The summed E-state index contributed by atoms with van der Waals surface area (Å²) in [5, 5.41) is 8.27. The zero-order valence-electron chi connectivity index (χ0n) is 11.9. The van der Waals surface area contributed by atoms with Crippen LogP contribution in [0.15, 0.2) is 24.3 Å². The second-order valence-corrected chi connectivity index (χ2v) is 5.49. The third kappa shape index (κ3) is 3.98. The van der Waals surface area contributed by atoms with Gasteiger partial charge < -0.3 is 10.6 Å². The van der Waals surface area contributed by atoms with Crippen molar-refractivity contribution in [3.05, 3.63) is 24.3 Å². The van der Waals surface area contributed by atoms with Crippen molar-refractivity contribution in [3.8, 4) is 0 Å². The molecule has 3 amide bonds. The Morgan fingerprint density at radius 1 is 1.14 bits per heavy atom. The van der Waals surface area contributed by atoms with Gasteiger partial charge in [0.2, 0.25) is 17.7 Å². The minimum absolute atomic E-state index is 0. The number of carbonyl (C=O) groups excluding carboxylic acids is 3. The van der Waals surface area contributed by atoms with E-state index in [-0.39, 0.29) is 36.0 Å². The lowest BCUT2D eigenvalue weighted by Gasteiger charge is -2.23. The van der Waals surface area contributed by atoms with Gasteiger partial charge in [-0.3, -0.25) is 19.7 Å². The molecule has 1 aliphatic carbocycles. The van der Waals surface area contributed by atoms with Gasteiger partial charge in [0.15, 0.2) is 0 Å². The first-order valence-corrected chi connectivity index (χ1v) is 7.13. The van der Waals surface area contributed by atoms with E-state index in [2.05, 4.69) is 16.0 Å². The van der Waals surface area contributed by atoms with E-state index < -0.39 is 6.04 Å². The van der Waals surface area contributed by atoms with E-state index in [1.54, 1.807) is 6.07 Å². The van der Waals surface area contributed by atoms with E-state index in [9.17, 15) is 14.4 Å². The SMILES string of the molecule is Cl.O=C1CCC(Nc2cccc(NC(=O)C3CC3)c2)C(=O)N1. The summed E-state index contributed by atoms with van der Waals surface area (Å²) in [7, 11) is 0. The Hall–Kier alpha value is -2.08. The lowest BCUT2D eigenvalue weighted by Crippen LogP contribution is -2.47. The molecular weight excluding hydrogens is 306 g/mol. The Kier molecular flexibility index (Phi) is 5.03. The first-order valence-electron chi connectivity index (χ1n) is 7.13. The molecule has 0 spiro atoms. The minimum atomic E-state index is -0.419. The van der Waals surface area contributed by atoms with Crippen LogP contribution in [0.2, 0.25) is 0 Å². The van der Waals surface area contributed by atoms with Gasteiger partial charge in [-0.05, 0) is 37.5 Å². The average molecular weight is 324 g/mol. The van der Waals surface area contributed by atoms with Crippen LogP contribution in [0.4, 0.5) is 11.4 Å². The molecule has 1 aromatic rings. The topological polar surface area (TPSA) is 87.3 Å². The molecule has 2 fully saturated rings. The molecule has 1 unspecified atom stereocenters. The number of piperidine rings is 1. The number of anilines is 2. The first-order chi connectivity index (χ1) is 10.1. The minimum Gasteiger partial charge on any atom is -0.374 e. The lowest BCUT2D eigenvalue weighted by molar-refractivity contribution is -0.133. The number of halogens is 1.